The lowest BCUT2D eigenvalue weighted by molar-refractivity contribution is 1.19. The van der Waals surface area contributed by atoms with Gasteiger partial charge in [0.25, 0.3) is 0 Å². The van der Waals surface area contributed by atoms with Crippen LogP contribution in [0, 0.1) is 0 Å². The Balaban J connectivity index is 1.92. The summed E-state index contributed by atoms with van der Waals surface area (Å²) in [5.74, 6) is 0. The normalized spacial score (nSPS) is 12.2. The van der Waals surface area contributed by atoms with Crippen molar-refractivity contribution in [1.29, 1.82) is 0 Å². The van der Waals surface area contributed by atoms with E-state index >= 15 is 0 Å². The highest BCUT2D eigenvalue weighted by Crippen LogP contribution is 2.41. The maximum Gasteiger partial charge on any atom is 0.0641 e. The molecule has 0 radical (unpaired) electrons. The van der Waals surface area contributed by atoms with Crippen molar-refractivity contribution >= 4 is 49.3 Å². The molecule has 0 aliphatic heterocycles. The standard InChI is InChI=1S/C30H22N2/c1-3-12-21(4-2)31-27-18-11-9-16-25(27)29-28(31)20-19-24-23-15-8-10-17-26(23)32(30(24)29)22-13-6-5-7-14-22/h3-20H,1-2H2/b21-12+. The van der Waals surface area contributed by atoms with Gasteiger partial charge in [0.15, 0.2) is 0 Å². The molecule has 152 valence electrons. The van der Waals surface area contributed by atoms with E-state index in [4.69, 9.17) is 0 Å². The Hall–Kier alpha value is -4.30. The zero-order valence-electron chi connectivity index (χ0n) is 17.7. The van der Waals surface area contributed by atoms with Crippen molar-refractivity contribution in [3.8, 4) is 5.69 Å². The molecule has 0 bridgehead atoms. The van der Waals surface area contributed by atoms with Gasteiger partial charge in [0.2, 0.25) is 0 Å². The maximum atomic E-state index is 4.07. The van der Waals surface area contributed by atoms with Crippen LogP contribution in [0.4, 0.5) is 0 Å². The van der Waals surface area contributed by atoms with E-state index in [1.54, 1.807) is 0 Å². The van der Waals surface area contributed by atoms with Crippen LogP contribution in [0.3, 0.4) is 0 Å². The van der Waals surface area contributed by atoms with Gasteiger partial charge in [-0.05, 0) is 42.5 Å². The Morgan fingerprint density at radius 1 is 0.625 bits per heavy atom. The van der Waals surface area contributed by atoms with Gasteiger partial charge in [-0.3, -0.25) is 0 Å². The van der Waals surface area contributed by atoms with E-state index in [1.165, 1.54) is 32.6 Å². The van der Waals surface area contributed by atoms with Gasteiger partial charge in [-0.1, -0.05) is 79.9 Å². The number of benzene rings is 4. The first-order valence-electron chi connectivity index (χ1n) is 10.8. The molecule has 6 rings (SSSR count). The Labute approximate surface area is 186 Å². The van der Waals surface area contributed by atoms with Crippen LogP contribution in [0.5, 0.6) is 0 Å². The summed E-state index contributed by atoms with van der Waals surface area (Å²) in [6.45, 7) is 7.98. The molecule has 32 heavy (non-hydrogen) atoms. The van der Waals surface area contributed by atoms with Crippen molar-refractivity contribution in [2.45, 2.75) is 0 Å². The van der Waals surface area contributed by atoms with E-state index in [-0.39, 0.29) is 0 Å². The summed E-state index contributed by atoms with van der Waals surface area (Å²) in [6, 6.07) is 32.4. The van der Waals surface area contributed by atoms with Crippen molar-refractivity contribution in [2.24, 2.45) is 0 Å². The molecule has 0 N–H and O–H groups in total. The summed E-state index contributed by atoms with van der Waals surface area (Å²) in [6.07, 6.45) is 5.72. The molecule has 4 aromatic carbocycles. The summed E-state index contributed by atoms with van der Waals surface area (Å²) in [7, 11) is 0. The van der Waals surface area contributed by atoms with Crippen LogP contribution in [-0.4, -0.2) is 9.13 Å². The molecular weight excluding hydrogens is 388 g/mol. The number of hydrogen-bond donors (Lipinski definition) is 0. The van der Waals surface area contributed by atoms with Crippen molar-refractivity contribution in [3.05, 3.63) is 122 Å². The number of allylic oxidation sites excluding steroid dienone is 4. The maximum absolute atomic E-state index is 4.07. The fourth-order valence-corrected chi connectivity index (χ4v) is 4.99. The van der Waals surface area contributed by atoms with Crippen LogP contribution in [0.25, 0.3) is 55.0 Å². The van der Waals surface area contributed by atoms with E-state index in [0.717, 1.165) is 22.4 Å². The van der Waals surface area contributed by atoms with Crippen LogP contribution in [0.2, 0.25) is 0 Å². The Morgan fingerprint density at radius 3 is 2.06 bits per heavy atom. The molecule has 0 fully saturated rings. The Bertz CT molecular complexity index is 1690. The van der Waals surface area contributed by atoms with Gasteiger partial charge in [-0.25, -0.2) is 0 Å². The summed E-state index contributed by atoms with van der Waals surface area (Å²) < 4.78 is 4.68. The van der Waals surface area contributed by atoms with Gasteiger partial charge in [0.1, 0.15) is 0 Å². The monoisotopic (exact) mass is 410 g/mol. The second-order valence-electron chi connectivity index (χ2n) is 7.93. The summed E-state index contributed by atoms with van der Waals surface area (Å²) in [5.41, 5.74) is 6.93. The molecule has 0 unspecified atom stereocenters. The first-order chi connectivity index (χ1) is 15.8. The second-order valence-corrected chi connectivity index (χ2v) is 7.93. The molecule has 0 amide bonds. The lowest BCUT2D eigenvalue weighted by Crippen LogP contribution is -1.95. The highest BCUT2D eigenvalue weighted by Gasteiger charge is 2.20. The number of rotatable bonds is 4. The SMILES string of the molecule is C=C/C=C(\C=C)n1c2ccccc2c2c1ccc1c3ccccc3n(-c3ccccc3)c12. The summed E-state index contributed by atoms with van der Waals surface area (Å²) in [5, 5.41) is 4.99. The average molecular weight is 411 g/mol. The lowest BCUT2D eigenvalue weighted by atomic mass is 10.1. The molecule has 0 saturated carbocycles. The van der Waals surface area contributed by atoms with Gasteiger partial charge in [0.05, 0.1) is 22.1 Å². The van der Waals surface area contributed by atoms with Crippen molar-refractivity contribution in [2.75, 3.05) is 0 Å². The molecule has 0 aliphatic rings. The minimum Gasteiger partial charge on any atom is -0.309 e. The molecule has 0 atom stereocenters. The van der Waals surface area contributed by atoms with Gasteiger partial charge in [0, 0.05) is 32.9 Å². The van der Waals surface area contributed by atoms with E-state index in [0.29, 0.717) is 0 Å². The third-order valence-corrected chi connectivity index (χ3v) is 6.24. The smallest absolute Gasteiger partial charge is 0.0641 e. The second kappa shape index (κ2) is 7.14. The number of para-hydroxylation sites is 3. The van der Waals surface area contributed by atoms with Gasteiger partial charge >= 0.3 is 0 Å². The molecule has 0 aliphatic carbocycles. The van der Waals surface area contributed by atoms with E-state index in [9.17, 15) is 0 Å². The largest absolute Gasteiger partial charge is 0.309 e. The van der Waals surface area contributed by atoms with Crippen LogP contribution >= 0.6 is 0 Å². The first-order valence-corrected chi connectivity index (χ1v) is 10.8. The average Bonchev–Trinajstić information content (AvgIpc) is 3.36. The third-order valence-electron chi connectivity index (χ3n) is 6.24. The number of hydrogen-bond acceptors (Lipinski definition) is 0. The zero-order valence-corrected chi connectivity index (χ0v) is 17.7. The lowest BCUT2D eigenvalue weighted by Gasteiger charge is -2.10. The molecule has 6 aromatic rings. The van der Waals surface area contributed by atoms with Gasteiger partial charge in [-0.15, -0.1) is 0 Å². The summed E-state index contributed by atoms with van der Waals surface area (Å²) >= 11 is 0. The highest BCUT2D eigenvalue weighted by atomic mass is 15.0. The molecule has 2 aromatic heterocycles. The Morgan fingerprint density at radius 2 is 1.31 bits per heavy atom. The minimum atomic E-state index is 1.01. The summed E-state index contributed by atoms with van der Waals surface area (Å²) in [4.78, 5) is 0. The third kappa shape index (κ3) is 2.47. The van der Waals surface area contributed by atoms with Gasteiger partial charge < -0.3 is 9.13 Å². The van der Waals surface area contributed by atoms with E-state index in [2.05, 4.69) is 113 Å². The van der Waals surface area contributed by atoms with Crippen molar-refractivity contribution in [3.63, 3.8) is 0 Å². The van der Waals surface area contributed by atoms with Crippen molar-refractivity contribution in [1.82, 2.24) is 9.13 Å². The predicted molar refractivity (Wildman–Crippen MR) is 138 cm³/mol. The molecule has 0 spiro atoms. The predicted octanol–water partition coefficient (Wildman–Crippen LogP) is 8.10. The topological polar surface area (TPSA) is 9.86 Å². The first kappa shape index (κ1) is 18.5. The number of nitrogens with zero attached hydrogens (tertiary/aromatic N) is 2. The Kier molecular flexibility index (Phi) is 4.12. The zero-order chi connectivity index (χ0) is 21.7. The molecular formula is C30H22N2. The minimum absolute atomic E-state index is 1.01. The quantitative estimate of drug-likeness (QED) is 0.260. The molecule has 2 nitrogen and oxygen atoms in total. The van der Waals surface area contributed by atoms with Crippen LogP contribution in [0.1, 0.15) is 0 Å². The van der Waals surface area contributed by atoms with Gasteiger partial charge in [-0.2, -0.15) is 0 Å². The fraction of sp³-hybridized carbons (Fsp3) is 0. The molecule has 2 heteroatoms. The number of fused-ring (bicyclic) bond motifs is 7. The van der Waals surface area contributed by atoms with Crippen LogP contribution < -0.4 is 0 Å². The number of aromatic nitrogens is 2. The molecule has 2 heterocycles. The highest BCUT2D eigenvalue weighted by molar-refractivity contribution is 6.26. The van der Waals surface area contributed by atoms with E-state index < -0.39 is 0 Å². The van der Waals surface area contributed by atoms with Crippen LogP contribution in [-0.2, 0) is 0 Å². The fourth-order valence-electron chi connectivity index (χ4n) is 4.99. The van der Waals surface area contributed by atoms with E-state index in [1.807, 2.05) is 18.2 Å². The molecule has 0 saturated heterocycles. The van der Waals surface area contributed by atoms with Crippen molar-refractivity contribution < 1.29 is 0 Å². The van der Waals surface area contributed by atoms with Crippen LogP contribution in [0.15, 0.2) is 122 Å².